The third-order valence-electron chi connectivity index (χ3n) is 3.17. The highest BCUT2D eigenvalue weighted by Crippen LogP contribution is 2.45. The predicted octanol–water partition coefficient (Wildman–Crippen LogP) is 5.69. The number of rotatable bonds is 2. The summed E-state index contributed by atoms with van der Waals surface area (Å²) in [5.41, 5.74) is 1.87. The molecule has 0 radical (unpaired) electrons. The van der Waals surface area contributed by atoms with Crippen LogP contribution in [-0.4, -0.2) is 5.25 Å². The maximum absolute atomic E-state index is 13.9. The van der Waals surface area contributed by atoms with Gasteiger partial charge in [-0.15, -0.1) is 23.1 Å². The molecule has 19 heavy (non-hydrogen) atoms. The Morgan fingerprint density at radius 2 is 2.21 bits per heavy atom. The minimum atomic E-state index is -0.211. The lowest BCUT2D eigenvalue weighted by atomic mass is 10.0. The summed E-state index contributed by atoms with van der Waals surface area (Å²) in [7, 11) is 0. The van der Waals surface area contributed by atoms with Gasteiger partial charge in [0.25, 0.3) is 0 Å². The summed E-state index contributed by atoms with van der Waals surface area (Å²) in [4.78, 5) is 0. The Hall–Kier alpha value is -0.520. The van der Waals surface area contributed by atoms with Gasteiger partial charge < -0.3 is 5.32 Å². The molecule has 1 aliphatic heterocycles. The molecule has 2 heterocycles. The number of hydrogen-bond acceptors (Lipinski definition) is 3. The summed E-state index contributed by atoms with van der Waals surface area (Å²) in [5, 5.41) is 6.02. The molecular formula is C14H13BrFNS2. The van der Waals surface area contributed by atoms with Crippen molar-refractivity contribution in [3.05, 3.63) is 45.5 Å². The molecule has 0 fully saturated rings. The van der Waals surface area contributed by atoms with Gasteiger partial charge in [-0.1, -0.05) is 22.9 Å². The van der Waals surface area contributed by atoms with Crippen molar-refractivity contribution in [3.8, 4) is 0 Å². The first-order valence-corrected chi connectivity index (χ1v) is 8.64. The second-order valence-corrected chi connectivity index (χ2v) is 8.19. The van der Waals surface area contributed by atoms with Crippen molar-refractivity contribution in [3.63, 3.8) is 0 Å². The van der Waals surface area contributed by atoms with Gasteiger partial charge in [-0.3, -0.25) is 0 Å². The first kappa shape index (κ1) is 13.5. The summed E-state index contributed by atoms with van der Waals surface area (Å²) < 4.78 is 16.0. The van der Waals surface area contributed by atoms with Crippen molar-refractivity contribution < 1.29 is 4.39 Å². The SMILES string of the molecule is C[C@H]1CC(Nc2ccc(Br)cc2F)c2ccsc2S1. The Morgan fingerprint density at radius 1 is 1.37 bits per heavy atom. The van der Waals surface area contributed by atoms with Crippen LogP contribution in [0, 0.1) is 5.82 Å². The highest BCUT2D eigenvalue weighted by atomic mass is 79.9. The van der Waals surface area contributed by atoms with Gasteiger partial charge >= 0.3 is 0 Å². The van der Waals surface area contributed by atoms with Gasteiger partial charge in [0.15, 0.2) is 0 Å². The quantitative estimate of drug-likeness (QED) is 0.740. The van der Waals surface area contributed by atoms with Crippen molar-refractivity contribution in [1.82, 2.24) is 0 Å². The Balaban J connectivity index is 1.88. The molecule has 1 aromatic carbocycles. The van der Waals surface area contributed by atoms with Crippen molar-refractivity contribution in [2.45, 2.75) is 28.8 Å². The smallest absolute Gasteiger partial charge is 0.147 e. The number of benzene rings is 1. The van der Waals surface area contributed by atoms with Crippen LogP contribution in [0.2, 0.25) is 0 Å². The van der Waals surface area contributed by atoms with Crippen LogP contribution in [0.5, 0.6) is 0 Å². The van der Waals surface area contributed by atoms with E-state index >= 15 is 0 Å². The van der Waals surface area contributed by atoms with Crippen LogP contribution < -0.4 is 5.32 Å². The van der Waals surface area contributed by atoms with E-state index in [4.69, 9.17) is 0 Å². The topological polar surface area (TPSA) is 12.0 Å². The van der Waals surface area contributed by atoms with E-state index in [-0.39, 0.29) is 11.9 Å². The average Bonchev–Trinajstić information content (AvgIpc) is 2.80. The van der Waals surface area contributed by atoms with Gasteiger partial charge in [0.1, 0.15) is 5.82 Å². The highest BCUT2D eigenvalue weighted by Gasteiger charge is 2.26. The molecule has 1 aliphatic rings. The molecule has 1 unspecified atom stereocenters. The van der Waals surface area contributed by atoms with Gasteiger partial charge in [0.05, 0.1) is 15.9 Å². The Kier molecular flexibility index (Phi) is 3.87. The molecule has 0 saturated carbocycles. The molecule has 1 aromatic heterocycles. The molecule has 1 nitrogen and oxygen atoms in total. The first-order chi connectivity index (χ1) is 9.13. The lowest BCUT2D eigenvalue weighted by molar-refractivity contribution is 0.615. The fourth-order valence-electron chi connectivity index (χ4n) is 2.28. The monoisotopic (exact) mass is 357 g/mol. The number of hydrogen-bond donors (Lipinski definition) is 1. The zero-order valence-corrected chi connectivity index (χ0v) is 13.5. The predicted molar refractivity (Wildman–Crippen MR) is 84.7 cm³/mol. The number of nitrogens with one attached hydrogen (secondary N) is 1. The largest absolute Gasteiger partial charge is 0.376 e. The van der Waals surface area contributed by atoms with E-state index in [1.54, 1.807) is 17.4 Å². The van der Waals surface area contributed by atoms with Crippen LogP contribution >= 0.6 is 39.0 Å². The summed E-state index contributed by atoms with van der Waals surface area (Å²) in [5.74, 6) is -0.211. The summed E-state index contributed by atoms with van der Waals surface area (Å²) >= 11 is 6.97. The second kappa shape index (κ2) is 5.46. The van der Waals surface area contributed by atoms with Gasteiger partial charge in [-0.05, 0) is 41.6 Å². The van der Waals surface area contributed by atoms with Crippen LogP contribution in [0.15, 0.2) is 38.3 Å². The van der Waals surface area contributed by atoms with Crippen molar-refractivity contribution in [2.75, 3.05) is 5.32 Å². The van der Waals surface area contributed by atoms with E-state index in [1.165, 1.54) is 15.8 Å². The van der Waals surface area contributed by atoms with Crippen LogP contribution in [0.1, 0.15) is 24.9 Å². The zero-order valence-electron chi connectivity index (χ0n) is 10.3. The van der Waals surface area contributed by atoms with Crippen molar-refractivity contribution in [1.29, 1.82) is 0 Å². The van der Waals surface area contributed by atoms with E-state index in [1.807, 2.05) is 17.8 Å². The molecule has 0 spiro atoms. The third kappa shape index (κ3) is 2.83. The van der Waals surface area contributed by atoms with Crippen molar-refractivity contribution in [2.24, 2.45) is 0 Å². The third-order valence-corrected chi connectivity index (χ3v) is 6.01. The molecule has 2 atom stereocenters. The standard InChI is InChI=1S/C14H13BrFNS2/c1-8-6-13(10-4-5-18-14(10)19-8)17-12-3-2-9(15)7-11(12)16/h2-5,7-8,13,17H,6H2,1H3/t8-,13?/m0/s1. The molecular weight excluding hydrogens is 345 g/mol. The minimum Gasteiger partial charge on any atom is -0.376 e. The molecule has 5 heteroatoms. The molecule has 3 rings (SSSR count). The lowest BCUT2D eigenvalue weighted by Crippen LogP contribution is -2.19. The first-order valence-electron chi connectivity index (χ1n) is 6.09. The molecule has 100 valence electrons. The summed E-state index contributed by atoms with van der Waals surface area (Å²) in [6, 6.07) is 7.50. The van der Waals surface area contributed by atoms with Gasteiger partial charge in [-0.2, -0.15) is 0 Å². The molecule has 2 aromatic rings. The van der Waals surface area contributed by atoms with Gasteiger partial charge in [0.2, 0.25) is 0 Å². The Labute approximate surface area is 128 Å². The fourth-order valence-corrected chi connectivity index (χ4v) is 5.18. The molecule has 0 saturated heterocycles. The van der Waals surface area contributed by atoms with E-state index in [9.17, 15) is 4.39 Å². The van der Waals surface area contributed by atoms with Crippen LogP contribution in [-0.2, 0) is 0 Å². The molecule has 1 N–H and O–H groups in total. The summed E-state index contributed by atoms with van der Waals surface area (Å²) in [6.45, 7) is 2.22. The number of thiophene rings is 1. The molecule has 0 amide bonds. The minimum absolute atomic E-state index is 0.202. The zero-order chi connectivity index (χ0) is 13.4. The maximum Gasteiger partial charge on any atom is 0.147 e. The normalized spacial score (nSPS) is 22.1. The molecule has 0 aliphatic carbocycles. The van der Waals surface area contributed by atoms with Crippen LogP contribution in [0.25, 0.3) is 0 Å². The number of thioether (sulfide) groups is 1. The Morgan fingerprint density at radius 3 is 3.00 bits per heavy atom. The Bertz CT molecular complexity index is 599. The van der Waals surface area contributed by atoms with Crippen LogP contribution in [0.3, 0.4) is 0 Å². The maximum atomic E-state index is 13.9. The van der Waals surface area contributed by atoms with Crippen molar-refractivity contribution >= 4 is 44.7 Å². The number of anilines is 1. The van der Waals surface area contributed by atoms with E-state index < -0.39 is 0 Å². The second-order valence-electron chi connectivity index (χ2n) is 4.65. The molecule has 0 bridgehead atoms. The lowest BCUT2D eigenvalue weighted by Gasteiger charge is -2.28. The van der Waals surface area contributed by atoms with Gasteiger partial charge in [-0.25, -0.2) is 4.39 Å². The van der Waals surface area contributed by atoms with E-state index in [0.29, 0.717) is 10.9 Å². The van der Waals surface area contributed by atoms with Gasteiger partial charge in [0, 0.05) is 9.72 Å². The highest BCUT2D eigenvalue weighted by molar-refractivity contribution is 9.10. The van der Waals surface area contributed by atoms with E-state index in [2.05, 4.69) is 39.6 Å². The fraction of sp³-hybridized carbons (Fsp3) is 0.286. The van der Waals surface area contributed by atoms with E-state index in [0.717, 1.165) is 10.9 Å². The summed E-state index contributed by atoms with van der Waals surface area (Å²) in [6.07, 6.45) is 1.02. The number of fused-ring (bicyclic) bond motifs is 1. The number of halogens is 2. The average molecular weight is 358 g/mol. The van der Waals surface area contributed by atoms with Crippen LogP contribution in [0.4, 0.5) is 10.1 Å².